The van der Waals surface area contributed by atoms with Crippen LogP contribution in [-0.2, 0) is 4.74 Å². The van der Waals surface area contributed by atoms with E-state index in [4.69, 9.17) is 4.74 Å². The zero-order valence-electron chi connectivity index (χ0n) is 10.9. The number of hydrogen-bond donors (Lipinski definition) is 3. The van der Waals surface area contributed by atoms with Gasteiger partial charge in [0.25, 0.3) is 0 Å². The molecule has 0 spiro atoms. The standard InChI is InChI=1S/C12H24N4O2/c17-12(15-11-2-9-18-10-11)14-3-1-6-16-7-4-13-5-8-16/h11,13H,1-10H2,(H2,14,15,17). The van der Waals surface area contributed by atoms with Crippen molar-refractivity contribution in [3.63, 3.8) is 0 Å². The van der Waals surface area contributed by atoms with Crippen LogP contribution < -0.4 is 16.0 Å². The molecule has 0 bridgehead atoms. The molecule has 2 heterocycles. The van der Waals surface area contributed by atoms with Gasteiger partial charge in [0.1, 0.15) is 0 Å². The number of carbonyl (C=O) groups is 1. The van der Waals surface area contributed by atoms with Gasteiger partial charge >= 0.3 is 6.03 Å². The number of rotatable bonds is 5. The first-order valence-electron chi connectivity index (χ1n) is 6.90. The Morgan fingerprint density at radius 3 is 2.94 bits per heavy atom. The third-order valence-electron chi connectivity index (χ3n) is 3.41. The molecule has 2 saturated heterocycles. The fourth-order valence-electron chi connectivity index (χ4n) is 2.32. The van der Waals surface area contributed by atoms with Gasteiger partial charge in [-0.25, -0.2) is 4.79 Å². The van der Waals surface area contributed by atoms with Crippen LogP contribution in [0.25, 0.3) is 0 Å². The second kappa shape index (κ2) is 7.56. The SMILES string of the molecule is O=C(NCCCN1CCNCC1)NC1CCOC1. The summed E-state index contributed by atoms with van der Waals surface area (Å²) in [5.41, 5.74) is 0. The van der Waals surface area contributed by atoms with Crippen LogP contribution in [0, 0.1) is 0 Å². The molecule has 0 aliphatic carbocycles. The molecule has 6 nitrogen and oxygen atoms in total. The van der Waals surface area contributed by atoms with Gasteiger partial charge in [-0.3, -0.25) is 0 Å². The van der Waals surface area contributed by atoms with Crippen LogP contribution >= 0.6 is 0 Å². The van der Waals surface area contributed by atoms with E-state index >= 15 is 0 Å². The zero-order chi connectivity index (χ0) is 12.6. The van der Waals surface area contributed by atoms with Crippen molar-refractivity contribution < 1.29 is 9.53 Å². The molecule has 2 fully saturated rings. The van der Waals surface area contributed by atoms with Crippen LogP contribution in [0.1, 0.15) is 12.8 Å². The zero-order valence-corrected chi connectivity index (χ0v) is 10.9. The molecule has 6 heteroatoms. The highest BCUT2D eigenvalue weighted by Crippen LogP contribution is 2.02. The summed E-state index contributed by atoms with van der Waals surface area (Å²) in [5.74, 6) is 0. The quantitative estimate of drug-likeness (QED) is 0.573. The maximum absolute atomic E-state index is 11.5. The van der Waals surface area contributed by atoms with E-state index < -0.39 is 0 Å². The summed E-state index contributed by atoms with van der Waals surface area (Å²) in [7, 11) is 0. The van der Waals surface area contributed by atoms with Crippen molar-refractivity contribution in [2.24, 2.45) is 0 Å². The van der Waals surface area contributed by atoms with Gasteiger partial charge in [0.15, 0.2) is 0 Å². The van der Waals surface area contributed by atoms with Crippen LogP contribution in [0.5, 0.6) is 0 Å². The van der Waals surface area contributed by atoms with E-state index in [9.17, 15) is 4.79 Å². The summed E-state index contributed by atoms with van der Waals surface area (Å²) >= 11 is 0. The Labute approximate surface area is 108 Å². The number of ether oxygens (including phenoxy) is 1. The number of carbonyl (C=O) groups excluding carboxylic acids is 1. The molecule has 2 amide bonds. The van der Waals surface area contributed by atoms with E-state index in [1.54, 1.807) is 0 Å². The highest BCUT2D eigenvalue weighted by Gasteiger charge is 2.17. The van der Waals surface area contributed by atoms with Crippen molar-refractivity contribution in [3.05, 3.63) is 0 Å². The van der Waals surface area contributed by atoms with Crippen LogP contribution in [0.4, 0.5) is 4.79 Å². The summed E-state index contributed by atoms with van der Waals surface area (Å²) in [5, 5.41) is 9.15. The second-order valence-electron chi connectivity index (χ2n) is 4.91. The number of nitrogens with one attached hydrogen (secondary N) is 3. The predicted octanol–water partition coefficient (Wildman–Crippen LogP) is -0.630. The van der Waals surface area contributed by atoms with Crippen LogP contribution in [-0.4, -0.2) is 69.5 Å². The molecule has 18 heavy (non-hydrogen) atoms. The number of urea groups is 1. The Balaban J connectivity index is 1.47. The molecule has 1 atom stereocenters. The van der Waals surface area contributed by atoms with Gasteiger partial charge in [-0.2, -0.15) is 0 Å². The van der Waals surface area contributed by atoms with E-state index in [1.165, 1.54) is 0 Å². The van der Waals surface area contributed by atoms with Crippen molar-refractivity contribution in [1.82, 2.24) is 20.9 Å². The lowest BCUT2D eigenvalue weighted by Crippen LogP contribution is -2.45. The van der Waals surface area contributed by atoms with E-state index in [-0.39, 0.29) is 12.1 Å². The topological polar surface area (TPSA) is 65.6 Å². The fourth-order valence-corrected chi connectivity index (χ4v) is 2.32. The summed E-state index contributed by atoms with van der Waals surface area (Å²) in [6.45, 7) is 7.60. The summed E-state index contributed by atoms with van der Waals surface area (Å²) < 4.78 is 5.21. The molecule has 2 rings (SSSR count). The van der Waals surface area contributed by atoms with E-state index in [2.05, 4.69) is 20.9 Å². The third-order valence-corrected chi connectivity index (χ3v) is 3.41. The largest absolute Gasteiger partial charge is 0.379 e. The molecule has 3 N–H and O–H groups in total. The number of hydrogen-bond acceptors (Lipinski definition) is 4. The van der Waals surface area contributed by atoms with E-state index in [0.717, 1.165) is 58.7 Å². The molecule has 2 aliphatic rings. The van der Waals surface area contributed by atoms with Crippen molar-refractivity contribution in [1.29, 1.82) is 0 Å². The van der Waals surface area contributed by atoms with Gasteiger partial charge in [-0.1, -0.05) is 0 Å². The first-order valence-corrected chi connectivity index (χ1v) is 6.90. The summed E-state index contributed by atoms with van der Waals surface area (Å²) in [6.07, 6.45) is 1.93. The van der Waals surface area contributed by atoms with Gasteiger partial charge in [0.2, 0.25) is 0 Å². The number of piperazine rings is 1. The molecular formula is C12H24N4O2. The first-order chi connectivity index (χ1) is 8.84. The Morgan fingerprint density at radius 2 is 2.22 bits per heavy atom. The summed E-state index contributed by atoms with van der Waals surface area (Å²) in [6, 6.07) is 0.129. The molecule has 0 aromatic heterocycles. The molecule has 0 saturated carbocycles. The minimum atomic E-state index is -0.0641. The van der Waals surface area contributed by atoms with E-state index in [1.807, 2.05) is 0 Å². The summed E-state index contributed by atoms with van der Waals surface area (Å²) in [4.78, 5) is 14.0. The lowest BCUT2D eigenvalue weighted by molar-refractivity contribution is 0.188. The number of nitrogens with zero attached hydrogens (tertiary/aromatic N) is 1. The predicted molar refractivity (Wildman–Crippen MR) is 69.7 cm³/mol. The lowest BCUT2D eigenvalue weighted by Gasteiger charge is -2.27. The highest BCUT2D eigenvalue weighted by molar-refractivity contribution is 5.74. The van der Waals surface area contributed by atoms with Crippen LogP contribution in [0.3, 0.4) is 0 Å². The molecule has 0 aromatic rings. The Kier molecular flexibility index (Phi) is 5.70. The molecule has 104 valence electrons. The van der Waals surface area contributed by atoms with Crippen LogP contribution in [0.15, 0.2) is 0 Å². The fraction of sp³-hybridized carbons (Fsp3) is 0.917. The highest BCUT2D eigenvalue weighted by atomic mass is 16.5. The molecule has 0 radical (unpaired) electrons. The van der Waals surface area contributed by atoms with Crippen molar-refractivity contribution in [2.75, 3.05) is 52.5 Å². The smallest absolute Gasteiger partial charge is 0.315 e. The average molecular weight is 256 g/mol. The minimum Gasteiger partial charge on any atom is -0.379 e. The average Bonchev–Trinajstić information content (AvgIpc) is 2.89. The number of amides is 2. The van der Waals surface area contributed by atoms with Gasteiger partial charge in [0, 0.05) is 39.3 Å². The lowest BCUT2D eigenvalue weighted by atomic mass is 10.3. The Bertz CT molecular complexity index is 250. The van der Waals surface area contributed by atoms with Crippen molar-refractivity contribution in [3.8, 4) is 0 Å². The normalized spacial score (nSPS) is 25.0. The van der Waals surface area contributed by atoms with Crippen molar-refractivity contribution >= 4 is 6.03 Å². The van der Waals surface area contributed by atoms with Crippen LogP contribution in [0.2, 0.25) is 0 Å². The van der Waals surface area contributed by atoms with Gasteiger partial charge in [-0.15, -0.1) is 0 Å². The second-order valence-corrected chi connectivity index (χ2v) is 4.91. The molecular weight excluding hydrogens is 232 g/mol. The molecule has 1 unspecified atom stereocenters. The van der Waals surface area contributed by atoms with Gasteiger partial charge < -0.3 is 25.6 Å². The first kappa shape index (κ1) is 13.6. The third kappa shape index (κ3) is 4.80. The maximum atomic E-state index is 11.5. The van der Waals surface area contributed by atoms with Gasteiger partial charge in [-0.05, 0) is 19.4 Å². The molecule has 2 aliphatic heterocycles. The van der Waals surface area contributed by atoms with Crippen molar-refractivity contribution in [2.45, 2.75) is 18.9 Å². The van der Waals surface area contributed by atoms with E-state index in [0.29, 0.717) is 6.61 Å². The maximum Gasteiger partial charge on any atom is 0.315 e. The Hall–Kier alpha value is -0.850. The monoisotopic (exact) mass is 256 g/mol. The minimum absolute atomic E-state index is 0.0641. The molecule has 0 aromatic carbocycles. The van der Waals surface area contributed by atoms with Gasteiger partial charge in [0.05, 0.1) is 12.6 Å². The Morgan fingerprint density at radius 1 is 1.39 bits per heavy atom.